The minimum Gasteiger partial charge on any atom is -0.488 e. The van der Waals surface area contributed by atoms with Gasteiger partial charge in [0.25, 0.3) is 0 Å². The quantitative estimate of drug-likeness (QED) is 0.717. The Labute approximate surface area is 101 Å². The number of rotatable bonds is 6. The summed E-state index contributed by atoms with van der Waals surface area (Å²) in [7, 11) is 0. The van der Waals surface area contributed by atoms with Crippen LogP contribution in [0.5, 0.6) is 5.75 Å². The highest BCUT2D eigenvalue weighted by molar-refractivity contribution is 5.96. The molecule has 0 saturated heterocycles. The Balaban J connectivity index is 2.79. The third kappa shape index (κ3) is 4.15. The zero-order valence-corrected chi connectivity index (χ0v) is 10.3. The van der Waals surface area contributed by atoms with Crippen molar-refractivity contribution in [3.05, 3.63) is 29.6 Å². The molecule has 94 valence electrons. The van der Waals surface area contributed by atoms with E-state index >= 15 is 0 Å². The number of ketones is 1. The van der Waals surface area contributed by atoms with Gasteiger partial charge in [-0.15, -0.1) is 0 Å². The van der Waals surface area contributed by atoms with Crippen LogP contribution in [0, 0.1) is 5.82 Å². The molecule has 1 aromatic carbocycles. The summed E-state index contributed by atoms with van der Waals surface area (Å²) < 4.78 is 23.8. The van der Waals surface area contributed by atoms with Gasteiger partial charge in [0, 0.05) is 6.61 Å². The van der Waals surface area contributed by atoms with Crippen molar-refractivity contribution < 1.29 is 18.7 Å². The Kier molecular flexibility index (Phi) is 5.10. The Bertz CT molecular complexity index is 390. The van der Waals surface area contributed by atoms with Gasteiger partial charge in [-0.25, -0.2) is 4.39 Å². The number of halogens is 1. The maximum atomic E-state index is 13.0. The third-order valence-corrected chi connectivity index (χ3v) is 2.21. The topological polar surface area (TPSA) is 35.5 Å². The Morgan fingerprint density at radius 2 is 2.18 bits per heavy atom. The fourth-order valence-corrected chi connectivity index (χ4v) is 1.41. The minimum absolute atomic E-state index is 0.182. The average Bonchev–Trinajstić information content (AvgIpc) is 2.28. The van der Waals surface area contributed by atoms with Crippen LogP contribution in [0.3, 0.4) is 0 Å². The van der Waals surface area contributed by atoms with Gasteiger partial charge in [0.05, 0.1) is 12.2 Å². The first-order valence-corrected chi connectivity index (χ1v) is 5.59. The first-order chi connectivity index (χ1) is 8.04. The fraction of sp³-hybridized carbons (Fsp3) is 0.462. The number of hydrogen-bond donors (Lipinski definition) is 0. The summed E-state index contributed by atoms with van der Waals surface area (Å²) in [6, 6.07) is 3.93. The predicted octanol–water partition coefficient (Wildman–Crippen LogP) is 2.83. The normalized spacial score (nSPS) is 12.2. The standard InChI is InChI=1S/C13H17FO3/c1-4-16-8-9(2)17-13-6-5-11(14)7-12(13)10(3)15/h5-7,9H,4,8H2,1-3H3. The van der Waals surface area contributed by atoms with Crippen LogP contribution in [-0.2, 0) is 4.74 Å². The van der Waals surface area contributed by atoms with Gasteiger partial charge >= 0.3 is 0 Å². The molecule has 3 nitrogen and oxygen atoms in total. The molecule has 0 saturated carbocycles. The first-order valence-electron chi connectivity index (χ1n) is 5.59. The summed E-state index contributed by atoms with van der Waals surface area (Å²) in [5, 5.41) is 0. The summed E-state index contributed by atoms with van der Waals surface area (Å²) in [5.74, 6) is -0.269. The van der Waals surface area contributed by atoms with Gasteiger partial charge in [0.2, 0.25) is 0 Å². The smallest absolute Gasteiger partial charge is 0.163 e. The fourth-order valence-electron chi connectivity index (χ4n) is 1.41. The van der Waals surface area contributed by atoms with Gasteiger partial charge in [-0.1, -0.05) is 0 Å². The maximum Gasteiger partial charge on any atom is 0.163 e. The highest BCUT2D eigenvalue weighted by atomic mass is 19.1. The first kappa shape index (κ1) is 13.6. The van der Waals surface area contributed by atoms with Gasteiger partial charge in [-0.3, -0.25) is 4.79 Å². The van der Waals surface area contributed by atoms with Crippen LogP contribution in [0.15, 0.2) is 18.2 Å². The molecule has 0 aliphatic carbocycles. The van der Waals surface area contributed by atoms with Crippen molar-refractivity contribution in [1.29, 1.82) is 0 Å². The van der Waals surface area contributed by atoms with Crippen LogP contribution in [0.2, 0.25) is 0 Å². The van der Waals surface area contributed by atoms with Crippen molar-refractivity contribution in [3.8, 4) is 5.75 Å². The second-order valence-corrected chi connectivity index (χ2v) is 3.78. The summed E-state index contributed by atoms with van der Waals surface area (Å²) in [4.78, 5) is 11.3. The molecule has 0 N–H and O–H groups in total. The second kappa shape index (κ2) is 6.35. The lowest BCUT2D eigenvalue weighted by Crippen LogP contribution is -2.20. The van der Waals surface area contributed by atoms with E-state index in [9.17, 15) is 9.18 Å². The zero-order chi connectivity index (χ0) is 12.8. The van der Waals surface area contributed by atoms with Crippen molar-refractivity contribution in [1.82, 2.24) is 0 Å². The van der Waals surface area contributed by atoms with Crippen molar-refractivity contribution in [2.24, 2.45) is 0 Å². The molecule has 1 atom stereocenters. The third-order valence-electron chi connectivity index (χ3n) is 2.21. The molecular formula is C13H17FO3. The van der Waals surface area contributed by atoms with Crippen LogP contribution in [0.1, 0.15) is 31.1 Å². The molecule has 0 heterocycles. The van der Waals surface area contributed by atoms with Crippen molar-refractivity contribution in [3.63, 3.8) is 0 Å². The molecule has 17 heavy (non-hydrogen) atoms. The van der Waals surface area contributed by atoms with E-state index in [0.29, 0.717) is 19.0 Å². The van der Waals surface area contributed by atoms with Crippen LogP contribution in [0.25, 0.3) is 0 Å². The molecule has 4 heteroatoms. The monoisotopic (exact) mass is 240 g/mol. The van der Waals surface area contributed by atoms with E-state index in [0.717, 1.165) is 0 Å². The molecule has 0 fully saturated rings. The van der Waals surface area contributed by atoms with E-state index in [4.69, 9.17) is 9.47 Å². The van der Waals surface area contributed by atoms with E-state index in [-0.39, 0.29) is 17.5 Å². The average molecular weight is 240 g/mol. The predicted molar refractivity (Wildman–Crippen MR) is 63.0 cm³/mol. The van der Waals surface area contributed by atoms with Gasteiger partial charge in [-0.05, 0) is 39.0 Å². The van der Waals surface area contributed by atoms with Crippen molar-refractivity contribution >= 4 is 5.78 Å². The summed E-state index contributed by atoms with van der Waals surface area (Å²) in [6.45, 7) is 6.16. The number of benzene rings is 1. The van der Waals surface area contributed by atoms with Gasteiger partial charge in [0.1, 0.15) is 17.7 Å². The van der Waals surface area contributed by atoms with E-state index in [1.165, 1.54) is 25.1 Å². The minimum atomic E-state index is -0.444. The zero-order valence-electron chi connectivity index (χ0n) is 10.3. The Hall–Kier alpha value is -1.42. The molecule has 0 aliphatic rings. The SMILES string of the molecule is CCOCC(C)Oc1ccc(F)cc1C(C)=O. The van der Waals surface area contributed by atoms with Crippen LogP contribution < -0.4 is 4.74 Å². The van der Waals surface area contributed by atoms with E-state index < -0.39 is 5.82 Å². The number of carbonyl (C=O) groups is 1. The molecule has 1 unspecified atom stereocenters. The highest BCUT2D eigenvalue weighted by Gasteiger charge is 2.12. The Morgan fingerprint density at radius 3 is 2.76 bits per heavy atom. The van der Waals surface area contributed by atoms with Crippen LogP contribution in [0.4, 0.5) is 4.39 Å². The molecule has 0 amide bonds. The van der Waals surface area contributed by atoms with E-state index in [2.05, 4.69) is 0 Å². The Morgan fingerprint density at radius 1 is 1.47 bits per heavy atom. The molecule has 1 rings (SSSR count). The van der Waals surface area contributed by atoms with Crippen LogP contribution in [-0.4, -0.2) is 25.1 Å². The molecule has 0 aliphatic heterocycles. The number of Topliss-reactive ketones (excluding diaryl/α,β-unsaturated/α-hetero) is 1. The van der Waals surface area contributed by atoms with Crippen molar-refractivity contribution in [2.75, 3.05) is 13.2 Å². The molecular weight excluding hydrogens is 223 g/mol. The maximum absolute atomic E-state index is 13.0. The van der Waals surface area contributed by atoms with Crippen molar-refractivity contribution in [2.45, 2.75) is 26.9 Å². The number of carbonyl (C=O) groups excluding carboxylic acids is 1. The summed E-state index contributed by atoms with van der Waals surface area (Å²) in [5.41, 5.74) is 0.258. The lowest BCUT2D eigenvalue weighted by Gasteiger charge is -2.16. The lowest BCUT2D eigenvalue weighted by atomic mass is 10.1. The van der Waals surface area contributed by atoms with E-state index in [1.54, 1.807) is 0 Å². The molecule has 1 aromatic rings. The van der Waals surface area contributed by atoms with Crippen LogP contribution >= 0.6 is 0 Å². The van der Waals surface area contributed by atoms with E-state index in [1.807, 2.05) is 13.8 Å². The largest absolute Gasteiger partial charge is 0.488 e. The lowest BCUT2D eigenvalue weighted by molar-refractivity contribution is 0.0648. The number of hydrogen-bond acceptors (Lipinski definition) is 3. The summed E-state index contributed by atoms with van der Waals surface area (Å²) >= 11 is 0. The molecule has 0 spiro atoms. The second-order valence-electron chi connectivity index (χ2n) is 3.78. The molecule has 0 bridgehead atoms. The summed E-state index contributed by atoms with van der Waals surface area (Å²) in [6.07, 6.45) is -0.182. The molecule has 0 radical (unpaired) electrons. The van der Waals surface area contributed by atoms with Gasteiger partial charge in [0.15, 0.2) is 5.78 Å². The highest BCUT2D eigenvalue weighted by Crippen LogP contribution is 2.21. The van der Waals surface area contributed by atoms with Gasteiger partial charge in [-0.2, -0.15) is 0 Å². The number of ether oxygens (including phenoxy) is 2. The molecule has 0 aromatic heterocycles. The van der Waals surface area contributed by atoms with Gasteiger partial charge < -0.3 is 9.47 Å².